The van der Waals surface area contributed by atoms with Gasteiger partial charge in [-0.1, -0.05) is 12.1 Å². The van der Waals surface area contributed by atoms with Crippen LogP contribution in [0.4, 0.5) is 5.69 Å². The maximum Gasteiger partial charge on any atom is 0.269 e. The Kier molecular flexibility index (Phi) is 4.35. The number of Topliss-reactive ketones (excluding diaryl/α,β-unsaturated/α-hetero) is 1. The van der Waals surface area contributed by atoms with Gasteiger partial charge in [0, 0.05) is 37.1 Å². The van der Waals surface area contributed by atoms with Gasteiger partial charge in [0.05, 0.1) is 10.7 Å². The largest absolute Gasteiger partial charge is 0.300 e. The van der Waals surface area contributed by atoms with E-state index in [2.05, 4.69) is 0 Å². The second-order valence-corrected chi connectivity index (χ2v) is 7.93. The number of sulfonamides is 1. The summed E-state index contributed by atoms with van der Waals surface area (Å²) in [4.78, 5) is 21.7. The zero-order chi connectivity index (χ0) is 16.5. The van der Waals surface area contributed by atoms with E-state index in [0.29, 0.717) is 5.56 Å². The predicted molar refractivity (Wildman–Crippen MR) is 80.7 cm³/mol. The van der Waals surface area contributed by atoms with Crippen LogP contribution in [0.25, 0.3) is 0 Å². The summed E-state index contributed by atoms with van der Waals surface area (Å²) in [5, 5.41) is 10.8. The molecule has 7 nitrogen and oxygen atoms in total. The summed E-state index contributed by atoms with van der Waals surface area (Å²) in [5.74, 6) is -0.265. The minimum Gasteiger partial charge on any atom is -0.300 e. The highest BCUT2D eigenvalue weighted by molar-refractivity contribution is 7.88. The monoisotopic (exact) mass is 326 g/mol. The lowest BCUT2D eigenvalue weighted by atomic mass is 9.92. The molecule has 0 aromatic heterocycles. The second-order valence-electron chi connectivity index (χ2n) is 6.03. The third-order valence-corrected chi connectivity index (χ3v) is 5.75. The van der Waals surface area contributed by atoms with Crippen LogP contribution in [-0.4, -0.2) is 35.5 Å². The normalized spacial score (nSPS) is 19.1. The van der Waals surface area contributed by atoms with E-state index in [0.717, 1.165) is 0 Å². The Balaban J connectivity index is 2.26. The van der Waals surface area contributed by atoms with Crippen molar-refractivity contribution in [1.82, 2.24) is 4.31 Å². The van der Waals surface area contributed by atoms with Crippen LogP contribution in [-0.2, 0) is 20.6 Å². The Hall–Kier alpha value is -1.80. The van der Waals surface area contributed by atoms with Crippen LogP contribution in [0.5, 0.6) is 0 Å². The van der Waals surface area contributed by atoms with Gasteiger partial charge in [0.2, 0.25) is 10.0 Å². The van der Waals surface area contributed by atoms with Crippen molar-refractivity contribution >= 4 is 21.5 Å². The third-order valence-electron chi connectivity index (χ3n) is 3.70. The highest BCUT2D eigenvalue weighted by Crippen LogP contribution is 2.30. The predicted octanol–water partition coefficient (Wildman–Crippen LogP) is 1.87. The number of rotatable bonds is 4. The molecule has 1 aliphatic heterocycles. The van der Waals surface area contributed by atoms with Crippen LogP contribution in [0, 0.1) is 10.1 Å². The van der Waals surface area contributed by atoms with Gasteiger partial charge in [-0.05, 0) is 19.4 Å². The first-order valence-corrected chi connectivity index (χ1v) is 8.48. The number of carbonyl (C=O) groups is 1. The highest BCUT2D eigenvalue weighted by Gasteiger charge is 2.40. The van der Waals surface area contributed by atoms with Gasteiger partial charge in [-0.15, -0.1) is 0 Å². The molecule has 1 aromatic rings. The molecule has 2 rings (SSSR count). The Morgan fingerprint density at radius 2 is 2.05 bits per heavy atom. The second kappa shape index (κ2) is 5.77. The Morgan fingerprint density at radius 1 is 1.36 bits per heavy atom. The van der Waals surface area contributed by atoms with E-state index in [-0.39, 0.29) is 36.6 Å². The van der Waals surface area contributed by atoms with Crippen molar-refractivity contribution in [2.45, 2.75) is 38.0 Å². The van der Waals surface area contributed by atoms with Gasteiger partial charge in [0.15, 0.2) is 0 Å². The van der Waals surface area contributed by atoms with Crippen LogP contribution in [0.2, 0.25) is 0 Å². The summed E-state index contributed by atoms with van der Waals surface area (Å²) in [7, 11) is -3.65. The van der Waals surface area contributed by atoms with Crippen LogP contribution >= 0.6 is 0 Å². The molecule has 0 bridgehead atoms. The van der Waals surface area contributed by atoms with Gasteiger partial charge in [-0.3, -0.25) is 14.9 Å². The Morgan fingerprint density at radius 3 is 2.64 bits per heavy atom. The van der Waals surface area contributed by atoms with Crippen molar-refractivity contribution in [1.29, 1.82) is 0 Å². The standard InChI is InChI=1S/C14H18N2O5S/c1-14(2)9-13(17)6-7-15(14)22(20,21)10-11-4-3-5-12(8-11)16(18)19/h3-5,8H,6-7,9-10H2,1-2H3. The molecule has 120 valence electrons. The minimum atomic E-state index is -3.65. The maximum atomic E-state index is 12.6. The molecule has 0 N–H and O–H groups in total. The van der Waals surface area contributed by atoms with E-state index in [4.69, 9.17) is 0 Å². The molecular formula is C14H18N2O5S. The van der Waals surface area contributed by atoms with Gasteiger partial charge in [-0.25, -0.2) is 8.42 Å². The lowest BCUT2D eigenvalue weighted by Crippen LogP contribution is -2.53. The number of nitro groups is 1. The molecule has 0 unspecified atom stereocenters. The number of carbonyl (C=O) groups excluding carboxylic acids is 1. The first-order chi connectivity index (χ1) is 10.1. The number of hydrogen-bond acceptors (Lipinski definition) is 5. The zero-order valence-electron chi connectivity index (χ0n) is 12.5. The van der Waals surface area contributed by atoms with Crippen LogP contribution in [0.1, 0.15) is 32.3 Å². The molecule has 0 spiro atoms. The fourth-order valence-corrected chi connectivity index (χ4v) is 4.70. The summed E-state index contributed by atoms with van der Waals surface area (Å²) < 4.78 is 26.5. The van der Waals surface area contributed by atoms with Gasteiger partial charge < -0.3 is 0 Å². The van der Waals surface area contributed by atoms with Crippen molar-refractivity contribution in [3.05, 3.63) is 39.9 Å². The number of benzene rings is 1. The van der Waals surface area contributed by atoms with Crippen LogP contribution < -0.4 is 0 Å². The molecule has 0 amide bonds. The van der Waals surface area contributed by atoms with Gasteiger partial charge in [0.1, 0.15) is 5.78 Å². The molecular weight excluding hydrogens is 308 g/mol. The van der Waals surface area contributed by atoms with Crippen molar-refractivity contribution in [2.24, 2.45) is 0 Å². The summed E-state index contributed by atoms with van der Waals surface area (Å²) in [6, 6.07) is 5.60. The van der Waals surface area contributed by atoms with E-state index < -0.39 is 20.5 Å². The average molecular weight is 326 g/mol. The molecule has 0 saturated carbocycles. The Bertz CT molecular complexity index is 712. The number of ketones is 1. The van der Waals surface area contributed by atoms with Crippen molar-refractivity contribution in [3.63, 3.8) is 0 Å². The topological polar surface area (TPSA) is 97.6 Å². The molecule has 1 aliphatic rings. The summed E-state index contributed by atoms with van der Waals surface area (Å²) in [5.41, 5.74) is -0.544. The van der Waals surface area contributed by atoms with E-state index in [1.54, 1.807) is 19.9 Å². The first-order valence-electron chi connectivity index (χ1n) is 6.87. The van der Waals surface area contributed by atoms with E-state index >= 15 is 0 Å². The minimum absolute atomic E-state index is 0.0480. The Labute approximate surface area is 129 Å². The summed E-state index contributed by atoms with van der Waals surface area (Å²) in [6.45, 7) is 3.59. The van der Waals surface area contributed by atoms with Gasteiger partial charge in [0.25, 0.3) is 5.69 Å². The fraction of sp³-hybridized carbons (Fsp3) is 0.500. The molecule has 0 aliphatic carbocycles. The number of non-ortho nitro benzene ring substituents is 1. The number of hydrogen-bond donors (Lipinski definition) is 0. The number of nitrogens with zero attached hydrogens (tertiary/aromatic N) is 2. The van der Waals surface area contributed by atoms with Gasteiger partial charge in [-0.2, -0.15) is 4.31 Å². The lowest BCUT2D eigenvalue weighted by Gasteiger charge is -2.40. The zero-order valence-corrected chi connectivity index (χ0v) is 13.3. The lowest BCUT2D eigenvalue weighted by molar-refractivity contribution is -0.384. The molecule has 1 fully saturated rings. The fourth-order valence-electron chi connectivity index (χ4n) is 2.75. The number of nitro benzene ring substituents is 1. The molecule has 22 heavy (non-hydrogen) atoms. The van der Waals surface area contributed by atoms with Crippen molar-refractivity contribution in [3.8, 4) is 0 Å². The maximum absolute atomic E-state index is 12.6. The summed E-state index contributed by atoms with van der Waals surface area (Å²) in [6.07, 6.45) is 0.388. The van der Waals surface area contributed by atoms with Crippen molar-refractivity contribution < 1.29 is 18.1 Å². The average Bonchev–Trinajstić information content (AvgIpc) is 2.36. The number of piperidine rings is 1. The molecule has 1 heterocycles. The van der Waals surface area contributed by atoms with E-state index in [9.17, 15) is 23.3 Å². The molecule has 1 saturated heterocycles. The van der Waals surface area contributed by atoms with E-state index in [1.165, 1.54) is 22.5 Å². The molecule has 8 heteroatoms. The molecule has 0 atom stereocenters. The SMILES string of the molecule is CC1(C)CC(=O)CCN1S(=O)(=O)Cc1cccc([N+](=O)[O-])c1. The smallest absolute Gasteiger partial charge is 0.269 e. The van der Waals surface area contributed by atoms with E-state index in [1.807, 2.05) is 0 Å². The quantitative estimate of drug-likeness (QED) is 0.621. The molecule has 1 aromatic carbocycles. The van der Waals surface area contributed by atoms with Crippen LogP contribution in [0.15, 0.2) is 24.3 Å². The van der Waals surface area contributed by atoms with Gasteiger partial charge >= 0.3 is 0 Å². The first kappa shape index (κ1) is 16.6. The highest BCUT2D eigenvalue weighted by atomic mass is 32.2. The summed E-state index contributed by atoms with van der Waals surface area (Å²) >= 11 is 0. The van der Waals surface area contributed by atoms with Crippen molar-refractivity contribution in [2.75, 3.05) is 6.54 Å². The third kappa shape index (κ3) is 3.50. The van der Waals surface area contributed by atoms with Crippen LogP contribution in [0.3, 0.4) is 0 Å². The molecule has 0 radical (unpaired) electrons.